The third kappa shape index (κ3) is 3.01. The number of rotatable bonds is 4. The fourth-order valence-corrected chi connectivity index (χ4v) is 2.36. The molecule has 0 spiro atoms. The highest BCUT2D eigenvalue weighted by Gasteiger charge is 2.22. The number of nitro groups is 1. The summed E-state index contributed by atoms with van der Waals surface area (Å²) in [6.07, 6.45) is -1.70. The van der Waals surface area contributed by atoms with Crippen LogP contribution in [0.1, 0.15) is 28.2 Å². The molecule has 3 aromatic rings. The Morgan fingerprint density at radius 2 is 2.08 bits per heavy atom. The number of anilines is 1. The van der Waals surface area contributed by atoms with Gasteiger partial charge in [0, 0.05) is 11.8 Å². The zero-order chi connectivity index (χ0) is 18.1. The minimum Gasteiger partial charge on any atom is -0.316 e. The number of nitrogens with one attached hydrogen (secondary N) is 1. The Labute approximate surface area is 139 Å². The smallest absolute Gasteiger partial charge is 0.292 e. The molecule has 0 fully saturated rings. The third-order valence-corrected chi connectivity index (χ3v) is 3.44. The van der Waals surface area contributed by atoms with Gasteiger partial charge in [0.15, 0.2) is 5.65 Å². The number of amides is 1. The lowest BCUT2D eigenvalue weighted by Crippen LogP contribution is -2.14. The highest BCUT2D eigenvalue weighted by atomic mass is 19.3. The number of carbonyl (C=O) groups is 1. The number of benzene rings is 1. The van der Waals surface area contributed by atoms with Crippen molar-refractivity contribution in [3.8, 4) is 0 Å². The Morgan fingerprint density at radius 3 is 2.76 bits per heavy atom. The average molecular weight is 347 g/mol. The van der Waals surface area contributed by atoms with Crippen LogP contribution in [0.4, 0.5) is 20.2 Å². The van der Waals surface area contributed by atoms with Crippen LogP contribution in [0, 0.1) is 17.0 Å². The van der Waals surface area contributed by atoms with E-state index in [0.29, 0.717) is 5.69 Å². The van der Waals surface area contributed by atoms with Gasteiger partial charge in [-0.2, -0.15) is 5.10 Å². The lowest BCUT2D eigenvalue weighted by molar-refractivity contribution is -0.383. The predicted octanol–water partition coefficient (Wildman–Crippen LogP) is 3.14. The minimum atomic E-state index is -2.80. The van der Waals surface area contributed by atoms with Crippen LogP contribution in [0.25, 0.3) is 5.65 Å². The maximum absolute atomic E-state index is 13.1. The number of hydrogen-bond acceptors (Lipinski definition) is 5. The number of halogens is 2. The highest BCUT2D eigenvalue weighted by Crippen LogP contribution is 2.25. The Bertz CT molecular complexity index is 986. The second kappa shape index (κ2) is 6.23. The molecule has 2 aromatic heterocycles. The lowest BCUT2D eigenvalue weighted by atomic mass is 10.2. The van der Waals surface area contributed by atoms with E-state index in [1.807, 2.05) is 0 Å². The number of para-hydroxylation sites is 2. The van der Waals surface area contributed by atoms with E-state index in [2.05, 4.69) is 15.4 Å². The number of fused-ring (bicyclic) bond motifs is 1. The number of aromatic nitrogens is 3. The van der Waals surface area contributed by atoms with Crippen LogP contribution >= 0.6 is 0 Å². The molecule has 0 atom stereocenters. The first kappa shape index (κ1) is 16.4. The highest BCUT2D eigenvalue weighted by molar-refractivity contribution is 6.09. The summed E-state index contributed by atoms with van der Waals surface area (Å²) < 4.78 is 27.1. The van der Waals surface area contributed by atoms with Gasteiger partial charge < -0.3 is 5.32 Å². The van der Waals surface area contributed by atoms with Crippen LogP contribution in [0.2, 0.25) is 0 Å². The summed E-state index contributed by atoms with van der Waals surface area (Å²) in [7, 11) is 0. The van der Waals surface area contributed by atoms with Crippen LogP contribution in [0.3, 0.4) is 0 Å². The molecule has 25 heavy (non-hydrogen) atoms. The van der Waals surface area contributed by atoms with E-state index < -0.39 is 22.9 Å². The second-order valence-corrected chi connectivity index (χ2v) is 5.15. The fourth-order valence-electron chi connectivity index (χ4n) is 2.36. The Morgan fingerprint density at radius 1 is 1.36 bits per heavy atom. The van der Waals surface area contributed by atoms with Crippen molar-refractivity contribution in [2.24, 2.45) is 0 Å². The molecule has 0 unspecified atom stereocenters. The van der Waals surface area contributed by atoms with E-state index in [4.69, 9.17) is 0 Å². The largest absolute Gasteiger partial charge is 0.316 e. The Kier molecular flexibility index (Phi) is 4.09. The molecule has 1 N–H and O–H groups in total. The van der Waals surface area contributed by atoms with E-state index in [1.165, 1.54) is 37.3 Å². The standard InChI is InChI=1S/C15H11F2N5O3/c1-8-6-12(13(16)17)21-14(19-8)9(7-18-21)15(23)20-10-4-2-3-5-11(10)22(24)25/h2-7,13H,1H3,(H,20,23). The Balaban J connectivity index is 2.03. The molecule has 128 valence electrons. The molecule has 8 nitrogen and oxygen atoms in total. The third-order valence-electron chi connectivity index (χ3n) is 3.44. The molecule has 1 aromatic carbocycles. The van der Waals surface area contributed by atoms with Gasteiger partial charge in [0.05, 0.1) is 11.1 Å². The number of aryl methyl sites for hydroxylation is 1. The van der Waals surface area contributed by atoms with E-state index in [-0.39, 0.29) is 22.6 Å². The minimum absolute atomic E-state index is 0.0152. The van der Waals surface area contributed by atoms with E-state index in [9.17, 15) is 23.7 Å². The molecule has 1 amide bonds. The molecule has 0 aliphatic heterocycles. The monoisotopic (exact) mass is 347 g/mol. The summed E-state index contributed by atoms with van der Waals surface area (Å²) in [5.41, 5.74) is -0.520. The fraction of sp³-hybridized carbons (Fsp3) is 0.133. The zero-order valence-electron chi connectivity index (χ0n) is 12.8. The SMILES string of the molecule is Cc1cc(C(F)F)n2ncc(C(=O)Nc3ccccc3[N+](=O)[O-])c2n1. The zero-order valence-corrected chi connectivity index (χ0v) is 12.8. The molecule has 2 heterocycles. The molecular weight excluding hydrogens is 336 g/mol. The predicted molar refractivity (Wildman–Crippen MR) is 83.7 cm³/mol. The van der Waals surface area contributed by atoms with Crippen LogP contribution in [-0.2, 0) is 0 Å². The quantitative estimate of drug-likeness (QED) is 0.577. The maximum Gasteiger partial charge on any atom is 0.292 e. The summed E-state index contributed by atoms with van der Waals surface area (Å²) in [5, 5.41) is 17.2. The molecule has 0 saturated heterocycles. The first-order valence-corrected chi connectivity index (χ1v) is 7.06. The number of alkyl halides is 2. The van der Waals surface area contributed by atoms with Gasteiger partial charge in [-0.1, -0.05) is 12.1 Å². The molecule has 10 heteroatoms. The molecule has 0 bridgehead atoms. The van der Waals surface area contributed by atoms with Gasteiger partial charge in [-0.15, -0.1) is 0 Å². The number of nitrogens with zero attached hydrogens (tertiary/aromatic N) is 4. The van der Waals surface area contributed by atoms with Gasteiger partial charge in [0.1, 0.15) is 16.9 Å². The van der Waals surface area contributed by atoms with Crippen molar-refractivity contribution >= 4 is 22.9 Å². The van der Waals surface area contributed by atoms with Gasteiger partial charge in [0.2, 0.25) is 0 Å². The topological polar surface area (TPSA) is 102 Å². The average Bonchev–Trinajstić information content (AvgIpc) is 2.97. The molecule has 0 aliphatic rings. The molecule has 0 radical (unpaired) electrons. The van der Waals surface area contributed by atoms with Crippen molar-refractivity contribution in [2.45, 2.75) is 13.3 Å². The Hall–Kier alpha value is -3.43. The summed E-state index contributed by atoms with van der Waals surface area (Å²) in [6.45, 7) is 1.52. The van der Waals surface area contributed by atoms with Gasteiger partial charge in [0.25, 0.3) is 18.0 Å². The molecule has 3 rings (SSSR count). The van der Waals surface area contributed by atoms with E-state index in [1.54, 1.807) is 0 Å². The first-order chi connectivity index (χ1) is 11.9. The summed E-state index contributed by atoms with van der Waals surface area (Å²) in [4.78, 5) is 26.9. The molecular formula is C15H11F2N5O3. The van der Waals surface area contributed by atoms with E-state index >= 15 is 0 Å². The van der Waals surface area contributed by atoms with Gasteiger partial charge >= 0.3 is 0 Å². The van der Waals surface area contributed by atoms with E-state index in [0.717, 1.165) is 10.7 Å². The normalized spacial score (nSPS) is 11.0. The van der Waals surface area contributed by atoms with Gasteiger partial charge in [-0.3, -0.25) is 14.9 Å². The second-order valence-electron chi connectivity index (χ2n) is 5.15. The lowest BCUT2D eigenvalue weighted by Gasteiger charge is -2.07. The van der Waals surface area contributed by atoms with Crippen LogP contribution < -0.4 is 5.32 Å². The van der Waals surface area contributed by atoms with Crippen LogP contribution in [-0.4, -0.2) is 25.4 Å². The van der Waals surface area contributed by atoms with Crippen molar-refractivity contribution in [2.75, 3.05) is 5.32 Å². The van der Waals surface area contributed by atoms with Crippen LogP contribution in [0.5, 0.6) is 0 Å². The van der Waals surface area contributed by atoms with Crippen molar-refractivity contribution in [3.63, 3.8) is 0 Å². The van der Waals surface area contributed by atoms with Crippen LogP contribution in [0.15, 0.2) is 36.5 Å². The number of hydrogen-bond donors (Lipinski definition) is 1. The number of nitro benzene ring substituents is 1. The summed E-state index contributed by atoms with van der Waals surface area (Å²) in [5.74, 6) is -0.734. The molecule has 0 saturated carbocycles. The van der Waals surface area contributed by atoms with Crippen molar-refractivity contribution < 1.29 is 18.5 Å². The summed E-state index contributed by atoms with van der Waals surface area (Å²) >= 11 is 0. The van der Waals surface area contributed by atoms with Crippen molar-refractivity contribution in [1.29, 1.82) is 0 Å². The molecule has 0 aliphatic carbocycles. The van der Waals surface area contributed by atoms with Gasteiger partial charge in [-0.05, 0) is 19.1 Å². The number of carbonyl (C=O) groups excluding carboxylic acids is 1. The maximum atomic E-state index is 13.1. The summed E-state index contributed by atoms with van der Waals surface area (Å²) in [6, 6.07) is 6.77. The first-order valence-electron chi connectivity index (χ1n) is 7.06. The van der Waals surface area contributed by atoms with Crippen molar-refractivity contribution in [1.82, 2.24) is 14.6 Å². The van der Waals surface area contributed by atoms with Crippen molar-refractivity contribution in [3.05, 3.63) is 63.6 Å². The van der Waals surface area contributed by atoms with Gasteiger partial charge in [-0.25, -0.2) is 18.3 Å².